The predicted octanol–water partition coefficient (Wildman–Crippen LogP) is 7.65. The molecule has 2 bridgehead atoms. The minimum Gasteiger partial charge on any atom is -0.457 e. The molecule has 10 nitrogen and oxygen atoms in total. The van der Waals surface area contributed by atoms with Crippen molar-refractivity contribution in [3.63, 3.8) is 0 Å². The van der Waals surface area contributed by atoms with E-state index in [1.165, 1.54) is 6.42 Å². The maximum atomic E-state index is 14.7. The van der Waals surface area contributed by atoms with Crippen LogP contribution in [0.5, 0.6) is 11.5 Å². The van der Waals surface area contributed by atoms with Crippen LogP contribution in [0, 0.1) is 35.0 Å². The molecule has 2 amide bonds. The number of nitrogens with zero attached hydrogens (tertiary/aromatic N) is 1. The smallest absolute Gasteiger partial charge is 0.251 e. The molecule has 2 heterocycles. The molecular formula is C51H63N3O7. The van der Waals surface area contributed by atoms with Crippen LogP contribution in [0.1, 0.15) is 86.8 Å². The van der Waals surface area contributed by atoms with Crippen LogP contribution in [0.25, 0.3) is 5.57 Å². The molecule has 2 aliphatic heterocycles. The van der Waals surface area contributed by atoms with Gasteiger partial charge < -0.3 is 40.0 Å². The van der Waals surface area contributed by atoms with Gasteiger partial charge in [-0.3, -0.25) is 9.59 Å². The molecule has 3 aromatic rings. The normalized spacial score (nSPS) is 30.9. The fraction of sp³-hybridized carbons (Fsp3) is 0.490. The Morgan fingerprint density at radius 3 is 2.31 bits per heavy atom. The van der Waals surface area contributed by atoms with Crippen molar-refractivity contribution in [1.82, 2.24) is 10.6 Å². The zero-order chi connectivity index (χ0) is 43.4. The molecule has 1 saturated heterocycles. The minimum atomic E-state index is -1.14. The number of fused-ring (bicyclic) bond motifs is 4. The molecule has 0 radical (unpaired) electrons. The number of nitrogens with one attached hydrogen (secondary N) is 2. The van der Waals surface area contributed by atoms with Crippen molar-refractivity contribution in [2.24, 2.45) is 35.0 Å². The second-order valence-corrected chi connectivity index (χ2v) is 18.9. The zero-order valence-corrected chi connectivity index (χ0v) is 36.9. The molecule has 4 aliphatic carbocycles. The quantitative estimate of drug-likeness (QED) is 0.147. The van der Waals surface area contributed by atoms with Crippen LogP contribution in [0.3, 0.4) is 0 Å². The number of ether oxygens (including phenoxy) is 3. The maximum Gasteiger partial charge on any atom is 0.251 e. The van der Waals surface area contributed by atoms with Gasteiger partial charge in [0, 0.05) is 68.0 Å². The minimum absolute atomic E-state index is 0.0313. The van der Waals surface area contributed by atoms with Gasteiger partial charge in [0.05, 0.1) is 30.3 Å². The van der Waals surface area contributed by atoms with E-state index >= 15 is 0 Å². The van der Waals surface area contributed by atoms with Gasteiger partial charge in [0.1, 0.15) is 17.6 Å². The van der Waals surface area contributed by atoms with Crippen molar-refractivity contribution < 1.29 is 34.0 Å². The molecule has 0 spiro atoms. The first-order chi connectivity index (χ1) is 29.2. The van der Waals surface area contributed by atoms with E-state index in [0.717, 1.165) is 51.4 Å². The summed E-state index contributed by atoms with van der Waals surface area (Å²) in [5.41, 5.74) is 4.98. The van der Waals surface area contributed by atoms with Crippen molar-refractivity contribution in [2.75, 3.05) is 39.3 Å². The van der Waals surface area contributed by atoms with E-state index in [1.807, 2.05) is 111 Å². The number of aliphatic hydroxyl groups is 2. The Balaban J connectivity index is 1.09. The summed E-state index contributed by atoms with van der Waals surface area (Å²) < 4.78 is 19.3. The second-order valence-electron chi connectivity index (χ2n) is 18.9. The van der Waals surface area contributed by atoms with Gasteiger partial charge in [-0.05, 0) is 102 Å². The van der Waals surface area contributed by atoms with E-state index in [0.29, 0.717) is 36.3 Å². The summed E-state index contributed by atoms with van der Waals surface area (Å²) in [5, 5.41) is 28.5. The first-order valence-corrected chi connectivity index (χ1v) is 22.1. The van der Waals surface area contributed by atoms with E-state index in [2.05, 4.69) is 37.5 Å². The lowest BCUT2D eigenvalue weighted by Gasteiger charge is -2.62. The predicted molar refractivity (Wildman–Crippen MR) is 239 cm³/mol. The Morgan fingerprint density at radius 2 is 1.72 bits per heavy atom. The van der Waals surface area contributed by atoms with Crippen molar-refractivity contribution in [3.8, 4) is 11.5 Å². The first-order valence-electron chi connectivity index (χ1n) is 22.1. The third kappa shape index (κ3) is 7.64. The van der Waals surface area contributed by atoms with Crippen LogP contribution in [-0.2, 0) is 14.3 Å². The van der Waals surface area contributed by atoms with Crippen molar-refractivity contribution in [3.05, 3.63) is 119 Å². The molecule has 4 N–H and O–H groups in total. The maximum absolute atomic E-state index is 14.7. The highest BCUT2D eigenvalue weighted by Crippen LogP contribution is 2.61. The van der Waals surface area contributed by atoms with Crippen molar-refractivity contribution >= 4 is 23.1 Å². The summed E-state index contributed by atoms with van der Waals surface area (Å²) >= 11 is 0. The standard InChI is InChI=1S/C51H63N3O7/c1-9-51(46(45(30(3)56)44(28-55)61-51)49(58)53-41-25-34-24-40(29(41)2)50(34,4)5)26-31-15-14-18-36(47(31)59-8)32-21-33(23-35(22-32)54(6)7)48(57)52-27-39-37-16-10-12-19-42(37)60-43-20-13-11-17-38(39)43/h10-23,26,29-30,34,39-41,44-47,55-56H,9,24-25,27-28H2,1-8H3,(H,52,57)(H,53,58)/b31-26+/t29-,30-,34?,40-,41?,44-,45+,46-,47?,51-/m0/s1. The van der Waals surface area contributed by atoms with Gasteiger partial charge in [-0.25, -0.2) is 0 Å². The number of carbonyl (C=O) groups is 2. The number of hydrogen-bond donors (Lipinski definition) is 4. The number of aliphatic hydroxyl groups excluding tert-OH is 2. The molecular weight excluding hydrogens is 767 g/mol. The number of amides is 2. The lowest BCUT2D eigenvalue weighted by molar-refractivity contribution is -0.141. The number of allylic oxidation sites excluding steroid dienone is 2. The van der Waals surface area contributed by atoms with Gasteiger partial charge in [-0.15, -0.1) is 0 Å². The number of methoxy groups -OCH3 is 1. The Kier molecular flexibility index (Phi) is 11.9. The lowest BCUT2D eigenvalue weighted by atomic mass is 9.44. The van der Waals surface area contributed by atoms with E-state index in [9.17, 15) is 19.8 Å². The van der Waals surface area contributed by atoms with Gasteiger partial charge in [0.2, 0.25) is 5.91 Å². The van der Waals surface area contributed by atoms with Crippen LogP contribution < -0.4 is 20.3 Å². The highest BCUT2D eigenvalue weighted by atomic mass is 16.5. The Morgan fingerprint density at radius 1 is 1.03 bits per heavy atom. The van der Waals surface area contributed by atoms with Gasteiger partial charge in [-0.2, -0.15) is 0 Å². The van der Waals surface area contributed by atoms with Gasteiger partial charge in [0.25, 0.3) is 5.91 Å². The van der Waals surface area contributed by atoms with E-state index in [-0.39, 0.29) is 35.8 Å². The van der Waals surface area contributed by atoms with E-state index < -0.39 is 35.7 Å². The SMILES string of the molecule is CC[C@@]1(/C=C2\C=CC=C(c3cc(C(=O)NCC4c5ccccc5Oc5ccccc54)cc(N(C)C)c3)C2OC)O[C@@H](CO)[C@@H]([C@H](C)O)[C@H]1C(=O)NC1CC2C[C@@H]([C@@H]1C)C2(C)C. The molecule has 10 atom stereocenters. The number of carbonyl (C=O) groups excluding carboxylic acids is 2. The van der Waals surface area contributed by atoms with Crippen LogP contribution >= 0.6 is 0 Å². The zero-order valence-electron chi connectivity index (χ0n) is 36.9. The number of hydrogen-bond acceptors (Lipinski definition) is 8. The number of benzene rings is 3. The molecule has 9 rings (SSSR count). The first kappa shape index (κ1) is 42.9. The third-order valence-electron chi connectivity index (χ3n) is 15.1. The topological polar surface area (TPSA) is 130 Å². The molecule has 10 heteroatoms. The monoisotopic (exact) mass is 829 g/mol. The van der Waals surface area contributed by atoms with E-state index in [1.54, 1.807) is 14.0 Å². The highest BCUT2D eigenvalue weighted by molar-refractivity contribution is 5.97. The van der Waals surface area contributed by atoms with Crippen molar-refractivity contribution in [2.45, 2.75) is 89.8 Å². The molecule has 324 valence electrons. The summed E-state index contributed by atoms with van der Waals surface area (Å²) in [5.74, 6) is 1.19. The molecule has 3 aromatic carbocycles. The second kappa shape index (κ2) is 16.9. The molecule has 4 fully saturated rings. The fourth-order valence-corrected chi connectivity index (χ4v) is 11.5. The summed E-state index contributed by atoms with van der Waals surface area (Å²) in [6, 6.07) is 21.8. The van der Waals surface area contributed by atoms with Crippen LogP contribution in [0.2, 0.25) is 0 Å². The molecule has 3 unspecified atom stereocenters. The van der Waals surface area contributed by atoms with Crippen LogP contribution in [0.4, 0.5) is 5.69 Å². The Bertz CT molecular complexity index is 2200. The van der Waals surface area contributed by atoms with Crippen LogP contribution in [0.15, 0.2) is 96.6 Å². The number of para-hydroxylation sites is 2. The summed E-state index contributed by atoms with van der Waals surface area (Å²) in [6.07, 6.45) is 8.27. The number of rotatable bonds is 12. The average Bonchev–Trinajstić information content (AvgIpc) is 3.60. The molecule has 3 saturated carbocycles. The number of anilines is 1. The van der Waals surface area contributed by atoms with Gasteiger partial charge >= 0.3 is 0 Å². The molecule has 6 aliphatic rings. The fourth-order valence-electron chi connectivity index (χ4n) is 11.5. The lowest BCUT2D eigenvalue weighted by Crippen LogP contribution is -2.62. The molecule has 0 aromatic heterocycles. The van der Waals surface area contributed by atoms with E-state index in [4.69, 9.17) is 14.2 Å². The summed E-state index contributed by atoms with van der Waals surface area (Å²) in [4.78, 5) is 30.9. The van der Waals surface area contributed by atoms with Gasteiger partial charge in [-0.1, -0.05) is 82.3 Å². The Hall–Kier alpha value is -4.74. The van der Waals surface area contributed by atoms with Crippen LogP contribution in [-0.4, -0.2) is 86.3 Å². The highest BCUT2D eigenvalue weighted by Gasteiger charge is 2.60. The van der Waals surface area contributed by atoms with Gasteiger partial charge in [0.15, 0.2) is 0 Å². The average molecular weight is 830 g/mol. The summed E-state index contributed by atoms with van der Waals surface area (Å²) in [7, 11) is 5.56. The Labute approximate surface area is 361 Å². The largest absolute Gasteiger partial charge is 0.457 e. The third-order valence-corrected chi connectivity index (χ3v) is 15.1. The molecule has 61 heavy (non-hydrogen) atoms. The summed E-state index contributed by atoms with van der Waals surface area (Å²) in [6.45, 7) is 10.7. The van der Waals surface area contributed by atoms with Crippen molar-refractivity contribution in [1.29, 1.82) is 0 Å².